The number of rotatable bonds is 9. The van der Waals surface area contributed by atoms with Gasteiger partial charge in [0.15, 0.2) is 0 Å². The molecule has 1 aromatic heterocycles. The van der Waals surface area contributed by atoms with Crippen LogP contribution in [0.3, 0.4) is 0 Å². The molecular formula is C25H27N7. The zero-order valence-corrected chi connectivity index (χ0v) is 18.2. The van der Waals surface area contributed by atoms with Crippen LogP contribution in [0.2, 0.25) is 0 Å². The fraction of sp³-hybridized carbons (Fsp3) is 0.160. The van der Waals surface area contributed by atoms with Gasteiger partial charge in [-0.1, -0.05) is 37.4 Å². The first-order valence-corrected chi connectivity index (χ1v) is 10.2. The molecule has 0 aliphatic carbocycles. The summed E-state index contributed by atoms with van der Waals surface area (Å²) in [5.74, 6) is 6.78. The maximum Gasteiger partial charge on any atom is 0.126 e. The van der Waals surface area contributed by atoms with E-state index in [2.05, 4.69) is 34.5 Å². The Morgan fingerprint density at radius 1 is 1.34 bits per heavy atom. The second-order valence-corrected chi connectivity index (χ2v) is 7.26. The molecule has 0 unspecified atom stereocenters. The number of aromatic nitrogens is 2. The summed E-state index contributed by atoms with van der Waals surface area (Å²) in [6.45, 7) is 10.5. The molecule has 0 bridgehead atoms. The van der Waals surface area contributed by atoms with Crippen molar-refractivity contribution in [2.75, 3.05) is 5.32 Å². The van der Waals surface area contributed by atoms with E-state index in [0.717, 1.165) is 39.7 Å². The standard InChI is InChI=1S/C25H27N7/c1-4-5-6-18(2)28-15-23-25(21-10-7-19(3)32(27)17-21)31-24(30-23)16-29-22-11-8-20(9-12-22)13-14-26/h4-12,17,29H,1,3,13,15-16,27H2,2H3,(H,30,31)/b6-5-,28-18-. The van der Waals surface area contributed by atoms with E-state index in [9.17, 15) is 0 Å². The summed E-state index contributed by atoms with van der Waals surface area (Å²) in [7, 11) is 0. The summed E-state index contributed by atoms with van der Waals surface area (Å²) in [5, 5.41) is 13.7. The van der Waals surface area contributed by atoms with Crippen molar-refractivity contribution in [1.82, 2.24) is 15.0 Å². The molecule has 3 rings (SSSR count). The minimum Gasteiger partial charge on any atom is -0.378 e. The molecule has 162 valence electrons. The number of aromatic amines is 1. The average Bonchev–Trinajstić information content (AvgIpc) is 3.21. The van der Waals surface area contributed by atoms with Gasteiger partial charge in [-0.15, -0.1) is 0 Å². The Hall–Kier alpha value is -4.15. The zero-order chi connectivity index (χ0) is 22.9. The van der Waals surface area contributed by atoms with Gasteiger partial charge in [0.25, 0.3) is 0 Å². The van der Waals surface area contributed by atoms with E-state index in [4.69, 9.17) is 16.1 Å². The SMILES string of the molecule is C=C/C=C\C(C)=N/Cc1[nH]c(CNc2ccc(CC#N)cc2)nc1C1=CN(N)C(=C)C=C1. The van der Waals surface area contributed by atoms with Gasteiger partial charge in [-0.25, -0.2) is 10.8 Å². The molecule has 0 radical (unpaired) electrons. The lowest BCUT2D eigenvalue weighted by Gasteiger charge is -2.19. The van der Waals surface area contributed by atoms with Crippen LogP contribution >= 0.6 is 0 Å². The van der Waals surface area contributed by atoms with E-state index in [1.54, 1.807) is 12.3 Å². The maximum atomic E-state index is 8.81. The van der Waals surface area contributed by atoms with E-state index in [0.29, 0.717) is 25.2 Å². The molecule has 0 fully saturated rings. The highest BCUT2D eigenvalue weighted by Crippen LogP contribution is 2.24. The van der Waals surface area contributed by atoms with Crippen LogP contribution in [0.15, 0.2) is 84.7 Å². The van der Waals surface area contributed by atoms with Gasteiger partial charge in [-0.05, 0) is 42.8 Å². The number of hydrogen-bond donors (Lipinski definition) is 3. The van der Waals surface area contributed by atoms with E-state index < -0.39 is 0 Å². The third kappa shape index (κ3) is 5.94. The van der Waals surface area contributed by atoms with E-state index >= 15 is 0 Å². The molecule has 4 N–H and O–H groups in total. The Kier molecular flexibility index (Phi) is 7.57. The van der Waals surface area contributed by atoms with Gasteiger partial charge in [0.2, 0.25) is 0 Å². The lowest BCUT2D eigenvalue weighted by Crippen LogP contribution is -2.24. The monoisotopic (exact) mass is 425 g/mol. The van der Waals surface area contributed by atoms with Gasteiger partial charge in [0, 0.05) is 28.9 Å². The minimum absolute atomic E-state index is 0.403. The summed E-state index contributed by atoms with van der Waals surface area (Å²) in [4.78, 5) is 12.8. The summed E-state index contributed by atoms with van der Waals surface area (Å²) >= 11 is 0. The molecular weight excluding hydrogens is 398 g/mol. The van der Waals surface area contributed by atoms with Crippen molar-refractivity contribution in [3.63, 3.8) is 0 Å². The van der Waals surface area contributed by atoms with Crippen LogP contribution < -0.4 is 11.2 Å². The smallest absolute Gasteiger partial charge is 0.126 e. The summed E-state index contributed by atoms with van der Waals surface area (Å²) < 4.78 is 0. The predicted octanol–water partition coefficient (Wildman–Crippen LogP) is 4.39. The minimum atomic E-state index is 0.403. The van der Waals surface area contributed by atoms with Crippen LogP contribution in [0.1, 0.15) is 29.7 Å². The van der Waals surface area contributed by atoms with Crippen molar-refractivity contribution in [2.24, 2.45) is 10.8 Å². The van der Waals surface area contributed by atoms with Crippen molar-refractivity contribution in [3.05, 3.63) is 102 Å². The lowest BCUT2D eigenvalue weighted by atomic mass is 10.1. The number of nitrogens with one attached hydrogen (secondary N) is 2. The number of nitrogens with zero attached hydrogens (tertiary/aromatic N) is 4. The Bertz CT molecular complexity index is 1140. The van der Waals surface area contributed by atoms with Crippen molar-refractivity contribution >= 4 is 17.0 Å². The fourth-order valence-electron chi connectivity index (χ4n) is 3.07. The molecule has 2 heterocycles. The first-order valence-electron chi connectivity index (χ1n) is 10.2. The topological polar surface area (TPSA) is 106 Å². The van der Waals surface area contributed by atoms with E-state index in [1.807, 2.05) is 55.5 Å². The number of imidazole rings is 1. The fourth-order valence-corrected chi connectivity index (χ4v) is 3.07. The maximum absolute atomic E-state index is 8.81. The number of hydrogen-bond acceptors (Lipinski definition) is 6. The van der Waals surface area contributed by atoms with Crippen molar-refractivity contribution in [2.45, 2.75) is 26.4 Å². The molecule has 2 aromatic rings. The van der Waals surface area contributed by atoms with Crippen LogP contribution in [0, 0.1) is 11.3 Å². The first-order chi connectivity index (χ1) is 15.5. The second-order valence-electron chi connectivity index (χ2n) is 7.26. The molecule has 0 spiro atoms. The van der Waals surface area contributed by atoms with Crippen LogP contribution in [0.4, 0.5) is 5.69 Å². The molecule has 0 amide bonds. The highest BCUT2D eigenvalue weighted by atomic mass is 15.4. The van der Waals surface area contributed by atoms with Crippen LogP contribution in [-0.2, 0) is 19.5 Å². The number of benzene rings is 1. The normalized spacial score (nSPS) is 13.9. The molecule has 7 heteroatoms. The van der Waals surface area contributed by atoms with Crippen LogP contribution in [0.5, 0.6) is 0 Å². The molecule has 32 heavy (non-hydrogen) atoms. The molecule has 1 aliphatic rings. The summed E-state index contributed by atoms with van der Waals surface area (Å²) in [5.41, 5.74) is 6.12. The third-order valence-corrected chi connectivity index (χ3v) is 4.82. The molecule has 7 nitrogen and oxygen atoms in total. The highest BCUT2D eigenvalue weighted by molar-refractivity contribution is 5.93. The second kappa shape index (κ2) is 10.8. The molecule has 0 atom stereocenters. The van der Waals surface area contributed by atoms with Gasteiger partial charge in [0.1, 0.15) is 5.82 Å². The molecule has 0 saturated carbocycles. The summed E-state index contributed by atoms with van der Waals surface area (Å²) in [6.07, 6.45) is 11.5. The number of nitrogens with two attached hydrogens (primary N) is 1. The highest BCUT2D eigenvalue weighted by Gasteiger charge is 2.16. The Labute approximate surface area is 188 Å². The number of H-pyrrole nitrogens is 1. The van der Waals surface area contributed by atoms with E-state index in [1.165, 1.54) is 5.01 Å². The lowest BCUT2D eigenvalue weighted by molar-refractivity contribution is 0.509. The van der Waals surface area contributed by atoms with Crippen molar-refractivity contribution < 1.29 is 0 Å². The van der Waals surface area contributed by atoms with Crippen molar-refractivity contribution in [1.29, 1.82) is 5.26 Å². The Morgan fingerprint density at radius 3 is 2.81 bits per heavy atom. The van der Waals surface area contributed by atoms with Gasteiger partial charge in [0.05, 0.1) is 37.0 Å². The molecule has 1 aliphatic heterocycles. The van der Waals surface area contributed by atoms with Crippen molar-refractivity contribution in [3.8, 4) is 6.07 Å². The summed E-state index contributed by atoms with van der Waals surface area (Å²) in [6, 6.07) is 9.96. The number of nitriles is 1. The number of allylic oxidation sites excluding steroid dienone is 6. The van der Waals surface area contributed by atoms with Gasteiger partial charge >= 0.3 is 0 Å². The number of aliphatic imine (C=N–C) groups is 1. The Morgan fingerprint density at radius 2 is 2.12 bits per heavy atom. The third-order valence-electron chi connectivity index (χ3n) is 4.82. The van der Waals surface area contributed by atoms with E-state index in [-0.39, 0.29) is 0 Å². The number of hydrazine groups is 1. The average molecular weight is 426 g/mol. The van der Waals surface area contributed by atoms with Gasteiger partial charge < -0.3 is 10.3 Å². The first kappa shape index (κ1) is 22.5. The van der Waals surface area contributed by atoms with Crippen LogP contribution in [-0.4, -0.2) is 20.7 Å². The zero-order valence-electron chi connectivity index (χ0n) is 18.2. The quantitative estimate of drug-likeness (QED) is 0.314. The molecule has 0 saturated heterocycles. The predicted molar refractivity (Wildman–Crippen MR) is 130 cm³/mol. The van der Waals surface area contributed by atoms with Gasteiger partial charge in [-0.2, -0.15) is 5.26 Å². The number of anilines is 1. The Balaban J connectivity index is 1.81. The van der Waals surface area contributed by atoms with Gasteiger partial charge in [-0.3, -0.25) is 10.0 Å². The van der Waals surface area contributed by atoms with Crippen LogP contribution in [0.25, 0.3) is 5.57 Å². The molecule has 1 aromatic carbocycles. The largest absolute Gasteiger partial charge is 0.378 e.